The van der Waals surface area contributed by atoms with Crippen molar-refractivity contribution in [3.05, 3.63) is 83.9 Å². The number of aryl methyl sites for hydroxylation is 1. The Balaban J connectivity index is 1.58. The van der Waals surface area contributed by atoms with Crippen LogP contribution in [-0.2, 0) is 9.59 Å². The predicted octanol–water partition coefficient (Wildman–Crippen LogP) is 5.33. The first-order valence-corrected chi connectivity index (χ1v) is 11.0. The number of hydrogen-bond acceptors (Lipinski definition) is 4. The topological polar surface area (TPSA) is 87.3 Å². The molecule has 0 aliphatic carbocycles. The third kappa shape index (κ3) is 6.72. The number of hydrogen-bond donors (Lipinski definition) is 3. The Morgan fingerprint density at radius 1 is 0.781 bits per heavy atom. The maximum absolute atomic E-state index is 12.6. The van der Waals surface area contributed by atoms with Crippen LogP contribution in [-0.4, -0.2) is 23.0 Å². The number of rotatable bonds is 7. The lowest BCUT2D eigenvalue weighted by Crippen LogP contribution is -2.22. The molecule has 6 nitrogen and oxygen atoms in total. The summed E-state index contributed by atoms with van der Waals surface area (Å²) in [5, 5.41) is 8.10. The van der Waals surface area contributed by atoms with Gasteiger partial charge >= 0.3 is 0 Å². The maximum Gasteiger partial charge on any atom is 0.255 e. The second-order valence-electron chi connectivity index (χ2n) is 7.36. The van der Waals surface area contributed by atoms with E-state index in [0.717, 1.165) is 10.5 Å². The fourth-order valence-corrected chi connectivity index (χ4v) is 3.82. The van der Waals surface area contributed by atoms with E-state index in [1.807, 2.05) is 50.2 Å². The smallest absolute Gasteiger partial charge is 0.255 e. The molecule has 3 rings (SSSR count). The Kier molecular flexibility index (Phi) is 7.68. The lowest BCUT2D eigenvalue weighted by Gasteiger charge is -2.13. The molecule has 1 atom stereocenters. The molecule has 0 saturated carbocycles. The van der Waals surface area contributed by atoms with Crippen molar-refractivity contribution >= 4 is 46.5 Å². The molecule has 0 saturated heterocycles. The predicted molar refractivity (Wildman–Crippen MR) is 130 cm³/mol. The third-order valence-electron chi connectivity index (χ3n) is 4.56. The van der Waals surface area contributed by atoms with Gasteiger partial charge in [-0.1, -0.05) is 23.8 Å². The fourth-order valence-electron chi connectivity index (χ4n) is 2.90. The number of thioether (sulfide) groups is 1. The van der Waals surface area contributed by atoms with Gasteiger partial charge in [-0.2, -0.15) is 0 Å². The Morgan fingerprint density at radius 3 is 2.03 bits per heavy atom. The van der Waals surface area contributed by atoms with Crippen LogP contribution in [0.25, 0.3) is 0 Å². The van der Waals surface area contributed by atoms with Crippen LogP contribution in [0, 0.1) is 6.92 Å². The van der Waals surface area contributed by atoms with Crippen molar-refractivity contribution in [2.24, 2.45) is 0 Å². The molecule has 3 aromatic rings. The van der Waals surface area contributed by atoms with Crippen LogP contribution < -0.4 is 16.0 Å². The van der Waals surface area contributed by atoms with Crippen LogP contribution in [0.15, 0.2) is 77.7 Å². The zero-order chi connectivity index (χ0) is 23.1. The molecule has 0 spiro atoms. The highest BCUT2D eigenvalue weighted by Gasteiger charge is 2.15. The van der Waals surface area contributed by atoms with E-state index in [1.54, 1.807) is 36.4 Å². The van der Waals surface area contributed by atoms with Gasteiger partial charge in [0, 0.05) is 34.4 Å². The second-order valence-corrected chi connectivity index (χ2v) is 8.77. The summed E-state index contributed by atoms with van der Waals surface area (Å²) in [5.41, 5.74) is 3.67. The van der Waals surface area contributed by atoms with E-state index >= 15 is 0 Å². The summed E-state index contributed by atoms with van der Waals surface area (Å²) < 4.78 is 0. The lowest BCUT2D eigenvalue weighted by molar-refractivity contribution is -0.115. The number of carbonyl (C=O) groups is 3. The van der Waals surface area contributed by atoms with E-state index in [-0.39, 0.29) is 23.0 Å². The summed E-state index contributed by atoms with van der Waals surface area (Å²) in [5.74, 6) is -0.471. The van der Waals surface area contributed by atoms with Gasteiger partial charge in [-0.05, 0) is 68.4 Å². The quantitative estimate of drug-likeness (QED) is 0.428. The molecule has 3 amide bonds. The summed E-state index contributed by atoms with van der Waals surface area (Å²) in [6.45, 7) is 5.24. The van der Waals surface area contributed by atoms with Gasteiger partial charge in [0.2, 0.25) is 11.8 Å². The highest BCUT2D eigenvalue weighted by molar-refractivity contribution is 8.00. The number of amides is 3. The van der Waals surface area contributed by atoms with Gasteiger partial charge in [0.1, 0.15) is 0 Å². The minimum absolute atomic E-state index is 0.142. The summed E-state index contributed by atoms with van der Waals surface area (Å²) >= 11 is 1.40. The molecular formula is C25H25N3O3S. The van der Waals surface area contributed by atoms with Gasteiger partial charge in [-0.25, -0.2) is 0 Å². The summed E-state index contributed by atoms with van der Waals surface area (Å²) in [4.78, 5) is 37.0. The SMILES string of the molecule is CC(=O)Nc1ccc(NC(=O)C(C)Sc2cccc(NC(=O)c3ccc(C)cc3)c2)cc1. The van der Waals surface area contributed by atoms with E-state index in [1.165, 1.54) is 18.7 Å². The molecule has 3 aromatic carbocycles. The van der Waals surface area contributed by atoms with Crippen LogP contribution in [0.5, 0.6) is 0 Å². The molecular weight excluding hydrogens is 422 g/mol. The molecule has 0 aliphatic rings. The first-order valence-electron chi connectivity index (χ1n) is 10.1. The number of nitrogens with one attached hydrogen (secondary N) is 3. The summed E-state index contributed by atoms with van der Waals surface area (Å²) in [6, 6.07) is 21.7. The zero-order valence-electron chi connectivity index (χ0n) is 18.1. The van der Waals surface area contributed by atoms with E-state index < -0.39 is 0 Å². The molecule has 0 bridgehead atoms. The Hall–Kier alpha value is -3.58. The Labute approximate surface area is 191 Å². The van der Waals surface area contributed by atoms with Crippen molar-refractivity contribution in [1.29, 1.82) is 0 Å². The first kappa shape index (κ1) is 23.1. The summed E-state index contributed by atoms with van der Waals surface area (Å²) in [7, 11) is 0. The average Bonchev–Trinajstić information content (AvgIpc) is 2.75. The number of carbonyl (C=O) groups excluding carboxylic acids is 3. The molecule has 164 valence electrons. The molecule has 32 heavy (non-hydrogen) atoms. The van der Waals surface area contributed by atoms with E-state index in [9.17, 15) is 14.4 Å². The van der Waals surface area contributed by atoms with Crippen molar-refractivity contribution in [2.75, 3.05) is 16.0 Å². The Morgan fingerprint density at radius 2 is 1.41 bits per heavy atom. The van der Waals surface area contributed by atoms with Crippen molar-refractivity contribution in [1.82, 2.24) is 0 Å². The molecule has 0 aromatic heterocycles. The van der Waals surface area contributed by atoms with E-state index in [2.05, 4.69) is 16.0 Å². The molecule has 0 aliphatic heterocycles. The Bertz CT molecular complexity index is 1110. The molecule has 0 heterocycles. The van der Waals surface area contributed by atoms with Gasteiger partial charge in [0.05, 0.1) is 5.25 Å². The standard InChI is InChI=1S/C25H25N3O3S/c1-16-7-9-19(10-8-16)25(31)28-22-5-4-6-23(15-22)32-17(2)24(30)27-21-13-11-20(12-14-21)26-18(3)29/h4-15,17H,1-3H3,(H,26,29)(H,27,30)(H,28,31). The largest absolute Gasteiger partial charge is 0.326 e. The normalized spacial score (nSPS) is 11.3. The highest BCUT2D eigenvalue weighted by Crippen LogP contribution is 2.27. The lowest BCUT2D eigenvalue weighted by atomic mass is 10.1. The van der Waals surface area contributed by atoms with Crippen LogP contribution in [0.1, 0.15) is 29.8 Å². The summed E-state index contributed by atoms with van der Waals surface area (Å²) in [6.07, 6.45) is 0. The monoisotopic (exact) mass is 447 g/mol. The van der Waals surface area contributed by atoms with Crippen molar-refractivity contribution in [2.45, 2.75) is 30.9 Å². The van der Waals surface area contributed by atoms with Gasteiger partial charge in [-0.3, -0.25) is 14.4 Å². The van der Waals surface area contributed by atoms with Crippen LogP contribution in [0.2, 0.25) is 0 Å². The second kappa shape index (κ2) is 10.6. The highest BCUT2D eigenvalue weighted by atomic mass is 32.2. The molecule has 0 fully saturated rings. The van der Waals surface area contributed by atoms with Crippen molar-refractivity contribution in [3.63, 3.8) is 0 Å². The van der Waals surface area contributed by atoms with Gasteiger partial charge in [0.25, 0.3) is 5.91 Å². The van der Waals surface area contributed by atoms with Gasteiger partial charge < -0.3 is 16.0 Å². The zero-order valence-corrected chi connectivity index (χ0v) is 19.0. The van der Waals surface area contributed by atoms with E-state index in [4.69, 9.17) is 0 Å². The molecule has 1 unspecified atom stereocenters. The van der Waals surface area contributed by atoms with Crippen LogP contribution in [0.4, 0.5) is 17.1 Å². The van der Waals surface area contributed by atoms with Crippen molar-refractivity contribution < 1.29 is 14.4 Å². The molecule has 3 N–H and O–H groups in total. The third-order valence-corrected chi connectivity index (χ3v) is 5.65. The van der Waals surface area contributed by atoms with Gasteiger partial charge in [0.15, 0.2) is 0 Å². The minimum atomic E-state index is -0.354. The molecule has 0 radical (unpaired) electrons. The van der Waals surface area contributed by atoms with Crippen LogP contribution >= 0.6 is 11.8 Å². The first-order chi connectivity index (χ1) is 15.3. The minimum Gasteiger partial charge on any atom is -0.326 e. The number of anilines is 3. The average molecular weight is 448 g/mol. The molecule has 7 heteroatoms. The van der Waals surface area contributed by atoms with Crippen LogP contribution in [0.3, 0.4) is 0 Å². The van der Waals surface area contributed by atoms with Crippen molar-refractivity contribution in [3.8, 4) is 0 Å². The maximum atomic E-state index is 12.6. The van der Waals surface area contributed by atoms with E-state index in [0.29, 0.717) is 22.6 Å². The number of benzene rings is 3. The van der Waals surface area contributed by atoms with Gasteiger partial charge in [-0.15, -0.1) is 11.8 Å². The fraction of sp³-hybridized carbons (Fsp3) is 0.160.